The molecule has 10 heteroatoms. The molecule has 0 amide bonds. The van der Waals surface area contributed by atoms with E-state index in [4.69, 9.17) is 19.8 Å². The van der Waals surface area contributed by atoms with Gasteiger partial charge in [-0.25, -0.2) is 14.4 Å². The summed E-state index contributed by atoms with van der Waals surface area (Å²) in [6.45, 7) is 10.5. The Morgan fingerprint density at radius 1 is 0.978 bits per heavy atom. The van der Waals surface area contributed by atoms with Gasteiger partial charge in [-0.1, -0.05) is 31.7 Å². The van der Waals surface area contributed by atoms with E-state index >= 15 is 0 Å². The molecule has 3 fully saturated rings. The summed E-state index contributed by atoms with van der Waals surface area (Å²) in [4.78, 5) is 17.0. The zero-order valence-corrected chi connectivity index (χ0v) is 27.6. The van der Waals surface area contributed by atoms with Gasteiger partial charge in [-0.15, -0.1) is 0 Å². The number of aliphatic hydroxyl groups is 1. The molecule has 6 rings (SSSR count). The van der Waals surface area contributed by atoms with E-state index in [9.17, 15) is 4.39 Å². The second kappa shape index (κ2) is 16.7. The van der Waals surface area contributed by atoms with Gasteiger partial charge in [0.1, 0.15) is 11.3 Å². The minimum absolute atomic E-state index is 0.167. The lowest BCUT2D eigenvalue weighted by molar-refractivity contribution is 0.0587. The Labute approximate surface area is 268 Å². The van der Waals surface area contributed by atoms with E-state index in [2.05, 4.69) is 25.1 Å². The van der Waals surface area contributed by atoms with Crippen LogP contribution in [0.15, 0.2) is 24.4 Å². The molecule has 3 aromatic rings. The molecule has 1 aromatic carbocycles. The van der Waals surface area contributed by atoms with Gasteiger partial charge in [0, 0.05) is 31.3 Å². The zero-order valence-electron chi connectivity index (χ0n) is 27.6. The van der Waals surface area contributed by atoms with E-state index in [1.54, 1.807) is 26.0 Å². The summed E-state index contributed by atoms with van der Waals surface area (Å²) in [7, 11) is 0. The van der Waals surface area contributed by atoms with Crippen molar-refractivity contribution in [3.8, 4) is 0 Å². The third kappa shape index (κ3) is 9.83. The van der Waals surface area contributed by atoms with Crippen LogP contribution in [0, 0.1) is 18.7 Å². The van der Waals surface area contributed by atoms with Crippen molar-refractivity contribution < 1.29 is 14.2 Å². The highest BCUT2D eigenvalue weighted by Gasteiger charge is 2.28. The van der Waals surface area contributed by atoms with Crippen LogP contribution in [0.3, 0.4) is 0 Å². The van der Waals surface area contributed by atoms with Crippen LogP contribution in [0.5, 0.6) is 0 Å². The minimum atomic E-state index is -0.278. The number of ether oxygens (including phenoxy) is 1. The highest BCUT2D eigenvalue weighted by Crippen LogP contribution is 2.37. The van der Waals surface area contributed by atoms with E-state index in [1.165, 1.54) is 51.6 Å². The second-order valence-corrected chi connectivity index (χ2v) is 13.5. The molecule has 1 aliphatic heterocycles. The maximum Gasteiger partial charge on any atom is 0.224 e. The molecular weight excluding hydrogens is 569 g/mol. The van der Waals surface area contributed by atoms with E-state index in [0.29, 0.717) is 29.5 Å². The second-order valence-electron chi connectivity index (χ2n) is 13.5. The summed E-state index contributed by atoms with van der Waals surface area (Å²) in [6, 6.07) is 5.91. The number of hydrogen-bond donors (Lipinski definition) is 3. The zero-order chi connectivity index (χ0) is 31.6. The Hall–Kier alpha value is -2.82. The first kappa shape index (κ1) is 33.5. The van der Waals surface area contributed by atoms with Crippen molar-refractivity contribution in [1.29, 1.82) is 0 Å². The summed E-state index contributed by atoms with van der Waals surface area (Å²) < 4.78 is 23.2. The van der Waals surface area contributed by atoms with E-state index in [1.807, 2.05) is 19.2 Å². The van der Waals surface area contributed by atoms with Crippen molar-refractivity contribution >= 4 is 28.7 Å². The predicted molar refractivity (Wildman–Crippen MR) is 180 cm³/mol. The molecule has 3 N–H and O–H groups in total. The highest BCUT2D eigenvalue weighted by molar-refractivity contribution is 5.76. The van der Waals surface area contributed by atoms with Gasteiger partial charge in [0.05, 0.1) is 18.5 Å². The standard InChI is InChI=1S/C32H46FN7O.C3H8O/c1-23-10-15-28(27(33)20-23)36-32-37-29-21-34-31(35-25-8-4-2-5-9-25)38-30(29)40(32)26-13-11-24(12-14-26)22-41-19-18-39-16-6-3-7-17-39;1-3(2)4/h10,15,20-21,24-26H,2-9,11-14,16-19,22H2,1H3,(H,36,37)(H,34,35,38);3-4H,1-2H3. The molecule has 45 heavy (non-hydrogen) atoms. The van der Waals surface area contributed by atoms with Crippen LogP contribution in [-0.2, 0) is 4.74 Å². The monoisotopic (exact) mass is 623 g/mol. The molecule has 3 aliphatic rings. The number of aromatic nitrogens is 4. The number of likely N-dealkylation sites (tertiary alicyclic amines) is 1. The lowest BCUT2D eigenvalue weighted by atomic mass is 9.86. The number of aliphatic hydroxyl groups excluding tert-OH is 1. The third-order valence-electron chi connectivity index (χ3n) is 9.28. The first-order valence-corrected chi connectivity index (χ1v) is 17.4. The van der Waals surface area contributed by atoms with Gasteiger partial charge in [-0.2, -0.15) is 4.98 Å². The average molecular weight is 624 g/mol. The number of rotatable bonds is 10. The Morgan fingerprint density at radius 2 is 1.69 bits per heavy atom. The molecule has 2 saturated carbocycles. The fourth-order valence-corrected chi connectivity index (χ4v) is 6.86. The Morgan fingerprint density at radius 3 is 2.40 bits per heavy atom. The number of fused-ring (bicyclic) bond motifs is 1. The quantitative estimate of drug-likeness (QED) is 0.201. The van der Waals surface area contributed by atoms with Crippen molar-refractivity contribution in [2.45, 2.75) is 116 Å². The van der Waals surface area contributed by atoms with Crippen LogP contribution in [-0.4, -0.2) is 74.5 Å². The van der Waals surface area contributed by atoms with Gasteiger partial charge < -0.3 is 25.4 Å². The summed E-state index contributed by atoms with van der Waals surface area (Å²) in [5.74, 6) is 1.59. The largest absolute Gasteiger partial charge is 0.394 e. The van der Waals surface area contributed by atoms with Gasteiger partial charge in [0.15, 0.2) is 5.65 Å². The molecule has 2 aromatic heterocycles. The van der Waals surface area contributed by atoms with Crippen molar-refractivity contribution in [3.63, 3.8) is 0 Å². The number of imidazole rings is 1. The lowest BCUT2D eigenvalue weighted by Gasteiger charge is -2.31. The van der Waals surface area contributed by atoms with Gasteiger partial charge in [0.25, 0.3) is 0 Å². The number of hydrogen-bond acceptors (Lipinski definition) is 8. The molecule has 9 nitrogen and oxygen atoms in total. The Balaban J connectivity index is 0.000000945. The number of piperidine rings is 1. The number of nitrogens with zero attached hydrogens (tertiary/aromatic N) is 5. The topological polar surface area (TPSA) is 100 Å². The van der Waals surface area contributed by atoms with Crippen LogP contribution in [0.2, 0.25) is 0 Å². The predicted octanol–water partition coefficient (Wildman–Crippen LogP) is 7.38. The molecule has 1 saturated heterocycles. The smallest absolute Gasteiger partial charge is 0.224 e. The van der Waals surface area contributed by atoms with Gasteiger partial charge in [0.2, 0.25) is 11.9 Å². The summed E-state index contributed by atoms with van der Waals surface area (Å²) in [5, 5.41) is 14.9. The van der Waals surface area contributed by atoms with Crippen molar-refractivity contribution in [2.24, 2.45) is 5.92 Å². The molecular formula is C35H54FN7O2. The van der Waals surface area contributed by atoms with Crippen molar-refractivity contribution in [3.05, 3.63) is 35.8 Å². The summed E-state index contributed by atoms with van der Waals surface area (Å²) in [6.07, 6.45) is 16.0. The number of aryl methyl sites for hydroxylation is 1. The molecule has 0 spiro atoms. The fraction of sp³-hybridized carbons (Fsp3) is 0.686. The number of nitrogens with one attached hydrogen (secondary N) is 2. The first-order valence-electron chi connectivity index (χ1n) is 17.4. The first-order chi connectivity index (χ1) is 21.9. The number of benzene rings is 1. The lowest BCUT2D eigenvalue weighted by Crippen LogP contribution is -2.33. The fourth-order valence-electron chi connectivity index (χ4n) is 6.86. The van der Waals surface area contributed by atoms with Crippen LogP contribution in [0.1, 0.15) is 103 Å². The Kier molecular flexibility index (Phi) is 12.4. The van der Waals surface area contributed by atoms with Crippen molar-refractivity contribution in [2.75, 3.05) is 43.5 Å². The van der Waals surface area contributed by atoms with Crippen LogP contribution in [0.4, 0.5) is 22.0 Å². The molecule has 2 aliphatic carbocycles. The SMILES string of the molecule is CC(C)O.Cc1ccc(Nc2nc3cnc(NC4CCCCC4)nc3n2C2CCC(COCCN3CCCCC3)CC2)c(F)c1. The summed E-state index contributed by atoms with van der Waals surface area (Å²) >= 11 is 0. The molecule has 3 heterocycles. The van der Waals surface area contributed by atoms with Gasteiger partial charge >= 0.3 is 0 Å². The van der Waals surface area contributed by atoms with E-state index in [0.717, 1.165) is 75.0 Å². The van der Waals surface area contributed by atoms with Crippen molar-refractivity contribution in [1.82, 2.24) is 24.4 Å². The highest BCUT2D eigenvalue weighted by atomic mass is 19.1. The molecule has 0 atom stereocenters. The molecule has 0 unspecified atom stereocenters. The minimum Gasteiger partial charge on any atom is -0.394 e. The summed E-state index contributed by atoms with van der Waals surface area (Å²) in [5.41, 5.74) is 2.87. The van der Waals surface area contributed by atoms with Crippen LogP contribution < -0.4 is 10.6 Å². The third-order valence-corrected chi connectivity index (χ3v) is 9.28. The van der Waals surface area contributed by atoms with E-state index < -0.39 is 0 Å². The Bertz CT molecular complexity index is 1330. The van der Waals surface area contributed by atoms with Gasteiger partial charge in [-0.05, 0) is 109 Å². The van der Waals surface area contributed by atoms with Gasteiger partial charge in [-0.3, -0.25) is 4.57 Å². The number of anilines is 3. The average Bonchev–Trinajstić information content (AvgIpc) is 3.39. The maximum absolute atomic E-state index is 14.9. The normalized spacial score (nSPS) is 21.5. The van der Waals surface area contributed by atoms with Crippen LogP contribution >= 0.6 is 0 Å². The maximum atomic E-state index is 14.9. The molecule has 0 radical (unpaired) electrons. The molecule has 248 valence electrons. The van der Waals surface area contributed by atoms with Crippen LogP contribution in [0.25, 0.3) is 11.2 Å². The van der Waals surface area contributed by atoms with E-state index in [-0.39, 0.29) is 18.0 Å². The number of halogens is 1. The molecule has 0 bridgehead atoms.